The lowest BCUT2D eigenvalue weighted by molar-refractivity contribution is 0.482. The van der Waals surface area contributed by atoms with E-state index in [1.165, 1.54) is 5.56 Å². The summed E-state index contributed by atoms with van der Waals surface area (Å²) in [6, 6.07) is 7.92. The van der Waals surface area contributed by atoms with Crippen molar-refractivity contribution < 1.29 is 13.0 Å². The lowest BCUT2D eigenvalue weighted by Gasteiger charge is -2.21. The van der Waals surface area contributed by atoms with E-state index in [1.54, 1.807) is 6.07 Å². The molecule has 0 bridgehead atoms. The Labute approximate surface area is 139 Å². The summed E-state index contributed by atoms with van der Waals surface area (Å²) in [5.41, 5.74) is 2.85. The van der Waals surface area contributed by atoms with E-state index in [9.17, 15) is 13.0 Å². The second-order valence-electron chi connectivity index (χ2n) is 6.55. The van der Waals surface area contributed by atoms with Gasteiger partial charge in [0.15, 0.2) is 0 Å². The molecule has 0 aromatic heterocycles. The first-order valence-corrected chi connectivity index (χ1v) is 9.68. The van der Waals surface area contributed by atoms with Crippen LogP contribution in [0.25, 0.3) is 10.8 Å². The van der Waals surface area contributed by atoms with E-state index in [1.807, 2.05) is 13.8 Å². The smallest absolute Gasteiger partial charge is 0.282 e. The lowest BCUT2D eigenvalue weighted by atomic mass is 9.85. The average molecular weight is 334 g/mol. The summed E-state index contributed by atoms with van der Waals surface area (Å²) >= 11 is 0. The van der Waals surface area contributed by atoms with Gasteiger partial charge in [0.05, 0.1) is 4.90 Å². The van der Waals surface area contributed by atoms with E-state index in [-0.39, 0.29) is 4.90 Å². The lowest BCUT2D eigenvalue weighted by Crippen LogP contribution is -2.07. The fraction of sp³-hybridized carbons (Fsp3) is 0.474. The molecule has 0 aliphatic carbocycles. The van der Waals surface area contributed by atoms with Crippen molar-refractivity contribution in [3.63, 3.8) is 0 Å². The fourth-order valence-electron chi connectivity index (χ4n) is 3.61. The standard InChI is InChI=1S/C19H26O3S/c1-6-16(12(3)4)14-8-9-18-13(5)17(7-2)19(23(20,21)22)11-15(18)10-14/h8-12,16H,6-7H2,1-5H3,(H,20,21,22). The first-order chi connectivity index (χ1) is 10.7. The predicted molar refractivity (Wildman–Crippen MR) is 95.7 cm³/mol. The molecule has 0 aliphatic rings. The molecule has 0 radical (unpaired) electrons. The minimum atomic E-state index is -4.21. The third-order valence-electron chi connectivity index (χ3n) is 4.82. The fourth-order valence-corrected chi connectivity index (χ4v) is 4.49. The second-order valence-corrected chi connectivity index (χ2v) is 7.94. The van der Waals surface area contributed by atoms with Crippen molar-refractivity contribution in [2.45, 2.75) is 58.3 Å². The van der Waals surface area contributed by atoms with Crippen LogP contribution in [0, 0.1) is 12.8 Å². The van der Waals surface area contributed by atoms with Gasteiger partial charge in [-0.1, -0.05) is 45.9 Å². The van der Waals surface area contributed by atoms with Crippen LogP contribution in [0.2, 0.25) is 0 Å². The second kappa shape index (κ2) is 6.62. The zero-order valence-corrected chi connectivity index (χ0v) is 15.4. The summed E-state index contributed by atoms with van der Waals surface area (Å²) in [6.07, 6.45) is 1.61. The third-order valence-corrected chi connectivity index (χ3v) is 5.74. The largest absolute Gasteiger partial charge is 0.294 e. The topological polar surface area (TPSA) is 54.4 Å². The van der Waals surface area contributed by atoms with E-state index in [0.717, 1.165) is 22.8 Å². The number of hydrogen-bond donors (Lipinski definition) is 1. The molecule has 0 saturated heterocycles. The summed E-state index contributed by atoms with van der Waals surface area (Å²) in [4.78, 5) is 0.0414. The molecule has 2 aromatic carbocycles. The van der Waals surface area contributed by atoms with Crippen LogP contribution in [-0.4, -0.2) is 13.0 Å². The normalized spacial score (nSPS) is 13.7. The molecule has 1 atom stereocenters. The Hall–Kier alpha value is -1.39. The Kier molecular flexibility index (Phi) is 5.17. The van der Waals surface area contributed by atoms with E-state index in [4.69, 9.17) is 0 Å². The Balaban J connectivity index is 2.77. The van der Waals surface area contributed by atoms with Crippen molar-refractivity contribution in [1.82, 2.24) is 0 Å². The Morgan fingerprint density at radius 1 is 1.13 bits per heavy atom. The summed E-state index contributed by atoms with van der Waals surface area (Å²) in [6.45, 7) is 10.4. The molecule has 0 heterocycles. The van der Waals surface area contributed by atoms with Gasteiger partial charge in [-0.2, -0.15) is 8.42 Å². The molecule has 2 rings (SSSR count). The highest BCUT2D eigenvalue weighted by atomic mass is 32.2. The monoisotopic (exact) mass is 334 g/mol. The van der Waals surface area contributed by atoms with E-state index < -0.39 is 10.1 Å². The number of aryl methyl sites for hydroxylation is 1. The van der Waals surface area contributed by atoms with Crippen LogP contribution in [0.15, 0.2) is 29.2 Å². The van der Waals surface area contributed by atoms with Crippen LogP contribution in [0.4, 0.5) is 0 Å². The number of benzene rings is 2. The van der Waals surface area contributed by atoms with Gasteiger partial charge >= 0.3 is 0 Å². The zero-order valence-electron chi connectivity index (χ0n) is 14.6. The van der Waals surface area contributed by atoms with E-state index in [0.29, 0.717) is 23.8 Å². The van der Waals surface area contributed by atoms with Crippen LogP contribution < -0.4 is 0 Å². The SMILES string of the molecule is CCc1c(S(=O)(=O)O)cc2cc(C(CC)C(C)C)ccc2c1C. The van der Waals surface area contributed by atoms with Crippen molar-refractivity contribution in [3.05, 3.63) is 41.0 Å². The van der Waals surface area contributed by atoms with Crippen LogP contribution >= 0.6 is 0 Å². The van der Waals surface area contributed by atoms with Crippen LogP contribution in [0.5, 0.6) is 0 Å². The number of fused-ring (bicyclic) bond motifs is 1. The minimum absolute atomic E-state index is 0.0414. The van der Waals surface area contributed by atoms with Crippen molar-refractivity contribution in [3.8, 4) is 0 Å². The highest BCUT2D eigenvalue weighted by Crippen LogP contribution is 2.34. The molecular weight excluding hydrogens is 308 g/mol. The van der Waals surface area contributed by atoms with Crippen LogP contribution in [-0.2, 0) is 16.5 Å². The van der Waals surface area contributed by atoms with Crippen LogP contribution in [0.3, 0.4) is 0 Å². The van der Waals surface area contributed by atoms with Gasteiger partial charge in [-0.05, 0) is 65.1 Å². The minimum Gasteiger partial charge on any atom is -0.282 e. The van der Waals surface area contributed by atoms with Crippen molar-refractivity contribution in [2.75, 3.05) is 0 Å². The van der Waals surface area contributed by atoms with Gasteiger partial charge in [0, 0.05) is 0 Å². The molecule has 1 unspecified atom stereocenters. The van der Waals surface area contributed by atoms with Crippen LogP contribution in [0.1, 0.15) is 56.7 Å². The Morgan fingerprint density at radius 2 is 1.78 bits per heavy atom. The van der Waals surface area contributed by atoms with E-state index in [2.05, 4.69) is 39.0 Å². The molecule has 4 heteroatoms. The van der Waals surface area contributed by atoms with Gasteiger partial charge in [0.2, 0.25) is 0 Å². The summed E-state index contributed by atoms with van der Waals surface area (Å²) in [5.74, 6) is 0.967. The molecule has 3 nitrogen and oxygen atoms in total. The molecule has 126 valence electrons. The van der Waals surface area contributed by atoms with Crippen molar-refractivity contribution in [2.24, 2.45) is 5.92 Å². The average Bonchev–Trinajstić information content (AvgIpc) is 2.46. The summed E-state index contributed by atoms with van der Waals surface area (Å²) in [7, 11) is -4.21. The molecule has 0 saturated carbocycles. The first kappa shape index (κ1) is 18.0. The highest BCUT2D eigenvalue weighted by molar-refractivity contribution is 7.85. The van der Waals surface area contributed by atoms with Crippen molar-refractivity contribution in [1.29, 1.82) is 0 Å². The molecule has 2 aromatic rings. The summed E-state index contributed by atoms with van der Waals surface area (Å²) in [5, 5.41) is 1.93. The quantitative estimate of drug-likeness (QED) is 0.773. The van der Waals surface area contributed by atoms with E-state index >= 15 is 0 Å². The first-order valence-electron chi connectivity index (χ1n) is 8.24. The molecule has 0 aliphatic heterocycles. The van der Waals surface area contributed by atoms with Gasteiger partial charge < -0.3 is 0 Å². The summed E-state index contributed by atoms with van der Waals surface area (Å²) < 4.78 is 33.1. The Bertz CT molecular complexity index is 820. The molecule has 0 fully saturated rings. The van der Waals surface area contributed by atoms with Gasteiger partial charge in [0.1, 0.15) is 0 Å². The van der Waals surface area contributed by atoms with Gasteiger partial charge in [-0.3, -0.25) is 4.55 Å². The van der Waals surface area contributed by atoms with Crippen molar-refractivity contribution >= 4 is 20.9 Å². The number of rotatable bonds is 5. The molecule has 0 amide bonds. The molecule has 0 spiro atoms. The predicted octanol–water partition coefficient (Wildman–Crippen LogP) is 5.11. The molecule has 23 heavy (non-hydrogen) atoms. The molecule has 1 N–H and O–H groups in total. The maximum atomic E-state index is 11.7. The highest BCUT2D eigenvalue weighted by Gasteiger charge is 2.20. The third kappa shape index (κ3) is 3.43. The maximum absolute atomic E-state index is 11.7. The maximum Gasteiger partial charge on any atom is 0.294 e. The molecular formula is C19H26O3S. The van der Waals surface area contributed by atoms with Gasteiger partial charge in [-0.15, -0.1) is 0 Å². The Morgan fingerprint density at radius 3 is 2.26 bits per heavy atom. The van der Waals surface area contributed by atoms with Gasteiger partial charge in [0.25, 0.3) is 10.1 Å². The number of hydrogen-bond acceptors (Lipinski definition) is 2. The zero-order chi connectivity index (χ0) is 17.4. The van der Waals surface area contributed by atoms with Gasteiger partial charge in [-0.25, -0.2) is 0 Å².